The van der Waals surface area contributed by atoms with Crippen LogP contribution in [0.1, 0.15) is 55.5 Å². The number of methoxy groups -OCH3 is 5. The number of hydrogen-bond acceptors (Lipinski definition) is 12. The van der Waals surface area contributed by atoms with Gasteiger partial charge in [-0.1, -0.05) is 17.3 Å². The van der Waals surface area contributed by atoms with E-state index in [0.717, 1.165) is 48.7 Å². The van der Waals surface area contributed by atoms with Crippen LogP contribution in [0.3, 0.4) is 0 Å². The molecule has 14 nitrogen and oxygen atoms in total. The summed E-state index contributed by atoms with van der Waals surface area (Å²) in [7, 11) is 2.90. The van der Waals surface area contributed by atoms with Crippen LogP contribution < -0.4 is 33.3 Å². The van der Waals surface area contributed by atoms with Crippen LogP contribution in [0.25, 0.3) is 11.0 Å². The number of ether oxygens (including phenoxy) is 6. The normalized spacial score (nSPS) is 16.1. The summed E-state index contributed by atoms with van der Waals surface area (Å²) in [5, 5.41) is 13.0. The minimum absolute atomic E-state index is 0.0337. The molecule has 1 unspecified atom stereocenters. The summed E-state index contributed by atoms with van der Waals surface area (Å²) in [6.07, 6.45) is 5.22. The predicted octanol–water partition coefficient (Wildman–Crippen LogP) is 6.78. The number of benzene rings is 3. The highest BCUT2D eigenvalue weighted by Gasteiger charge is 2.36. The van der Waals surface area contributed by atoms with Gasteiger partial charge in [-0.05, 0) is 55.9 Å². The van der Waals surface area contributed by atoms with E-state index >= 15 is 0 Å². The molecule has 1 aliphatic carbocycles. The van der Waals surface area contributed by atoms with Gasteiger partial charge in [0, 0.05) is 42.5 Å². The number of aromatic nitrogens is 3. The van der Waals surface area contributed by atoms with E-state index in [0.29, 0.717) is 51.2 Å². The molecule has 0 spiro atoms. The summed E-state index contributed by atoms with van der Waals surface area (Å²) in [5.74, 6) is 2.64. The summed E-state index contributed by atoms with van der Waals surface area (Å²) in [6, 6.07) is 15.5. The molecular weight excluding hydrogens is 678 g/mol. The molecule has 0 amide bonds. The minimum atomic E-state index is -4.44. The zero-order valence-corrected chi connectivity index (χ0v) is 30.0. The highest BCUT2D eigenvalue weighted by atomic mass is 32.2. The number of nitrogens with one attached hydrogen (secondary N) is 1. The second-order valence-electron chi connectivity index (χ2n) is 12.4. The Hall–Kier alpha value is -5.15. The van der Waals surface area contributed by atoms with Gasteiger partial charge in [0.05, 0.1) is 53.2 Å². The van der Waals surface area contributed by atoms with E-state index in [2.05, 4.69) is 16.5 Å². The monoisotopic (exact) mass is 719 g/mol. The number of rotatable bonds is 14. The highest BCUT2D eigenvalue weighted by molar-refractivity contribution is 7.93. The lowest BCUT2D eigenvalue weighted by Crippen LogP contribution is -2.31. The molecule has 1 aliphatic heterocycles. The quantitative estimate of drug-likeness (QED) is 0.129. The third-order valence-electron chi connectivity index (χ3n) is 9.16. The van der Waals surface area contributed by atoms with E-state index in [1.807, 2.05) is 4.68 Å². The average molecular weight is 720 g/mol. The molecule has 3 aromatic carbocycles. The number of anilines is 3. The summed E-state index contributed by atoms with van der Waals surface area (Å²) in [5.41, 5.74) is 2.72. The molecule has 15 heteroatoms. The summed E-state index contributed by atoms with van der Waals surface area (Å²) < 4.78 is 72.3. The fraction of sp³-hybridized carbons (Fsp3) is 0.389. The molecule has 51 heavy (non-hydrogen) atoms. The van der Waals surface area contributed by atoms with Crippen molar-refractivity contribution >= 4 is 38.3 Å². The molecule has 7 rings (SSSR count). The van der Waals surface area contributed by atoms with Crippen LogP contribution in [0, 0.1) is 0 Å². The maximum Gasteiger partial charge on any atom is 0.273 e. The Bertz CT molecular complexity index is 2100. The largest absolute Gasteiger partial charge is 0.497 e. The number of sulfonamides is 1. The predicted molar refractivity (Wildman–Crippen MR) is 189 cm³/mol. The van der Waals surface area contributed by atoms with Gasteiger partial charge in [-0.2, -0.15) is 5.10 Å². The molecular formula is C36H41N5O9S. The number of fused-ring (bicyclic) bond motifs is 1. The van der Waals surface area contributed by atoms with Crippen LogP contribution in [0.15, 0.2) is 64.0 Å². The van der Waals surface area contributed by atoms with Crippen molar-refractivity contribution in [1.29, 1.82) is 0 Å². The van der Waals surface area contributed by atoms with Crippen molar-refractivity contribution in [3.05, 3.63) is 65.9 Å². The summed E-state index contributed by atoms with van der Waals surface area (Å²) >= 11 is 0. The molecule has 2 aromatic heterocycles. The van der Waals surface area contributed by atoms with Crippen molar-refractivity contribution < 1.29 is 41.4 Å². The average Bonchev–Trinajstić information content (AvgIpc) is 3.81. The first kappa shape index (κ1) is 34.3. The van der Waals surface area contributed by atoms with Crippen LogP contribution in [0.2, 0.25) is 0 Å². The van der Waals surface area contributed by atoms with Crippen LogP contribution in [-0.4, -0.2) is 65.5 Å². The van der Waals surface area contributed by atoms with Crippen molar-refractivity contribution in [2.75, 3.05) is 51.8 Å². The van der Waals surface area contributed by atoms with Gasteiger partial charge in [-0.25, -0.2) is 17.4 Å². The Morgan fingerprint density at radius 2 is 1.55 bits per heavy atom. The number of nitrogens with zero attached hydrogens (tertiary/aromatic N) is 4. The minimum Gasteiger partial charge on any atom is -0.497 e. The molecule has 1 atom stereocenters. The topological polar surface area (TPSA) is 149 Å². The first-order valence-electron chi connectivity index (χ1n) is 16.7. The van der Waals surface area contributed by atoms with Gasteiger partial charge in [0.2, 0.25) is 0 Å². The third kappa shape index (κ3) is 6.70. The Balaban J connectivity index is 1.30. The number of hydrogen-bond donors (Lipinski definition) is 1. The molecule has 1 N–H and O–H groups in total. The van der Waals surface area contributed by atoms with Gasteiger partial charge in [-0.3, -0.25) is 0 Å². The van der Waals surface area contributed by atoms with Crippen LogP contribution in [-0.2, 0) is 21.3 Å². The van der Waals surface area contributed by atoms with Gasteiger partial charge in [0.25, 0.3) is 10.0 Å². The second-order valence-corrected chi connectivity index (χ2v) is 14.2. The van der Waals surface area contributed by atoms with Gasteiger partial charge in [-0.15, -0.1) is 0 Å². The van der Waals surface area contributed by atoms with Crippen LogP contribution in [0.5, 0.6) is 28.7 Å². The zero-order valence-electron chi connectivity index (χ0n) is 29.2. The van der Waals surface area contributed by atoms with Crippen molar-refractivity contribution in [3.63, 3.8) is 0 Å². The van der Waals surface area contributed by atoms with E-state index in [1.54, 1.807) is 50.6 Å². The molecule has 0 radical (unpaired) electrons. The summed E-state index contributed by atoms with van der Waals surface area (Å²) in [4.78, 5) is -0.202. The second kappa shape index (κ2) is 14.2. The molecule has 5 aromatic rings. The maximum atomic E-state index is 14.8. The lowest BCUT2D eigenvalue weighted by atomic mass is 10.2. The Labute approximate surface area is 296 Å². The molecule has 270 valence electrons. The molecule has 1 saturated heterocycles. The highest BCUT2D eigenvalue weighted by Crippen LogP contribution is 2.45. The standard InChI is InChI=1S/C36H41N5O9S/c1-44-24-13-9-22(10-14-24)21-40(51(42,43)35-31(47-4)16-25(45-2)17-32(35)48-5)36-26-18-30(46-3)27(19-29(26)50-39-36)37-33-20-28(23-11-12-23)41(38-33)34-8-6-7-15-49-34/h9-10,13-14,16-20,23,34H,6-8,11-12,15,21H2,1-5H3,(H,37,38). The Morgan fingerprint density at radius 3 is 2.16 bits per heavy atom. The molecule has 3 heterocycles. The van der Waals surface area contributed by atoms with Gasteiger partial charge in [0.15, 0.2) is 28.3 Å². The molecule has 2 fully saturated rings. The lowest BCUT2D eigenvalue weighted by Gasteiger charge is -2.25. The zero-order chi connectivity index (χ0) is 35.7. The smallest absolute Gasteiger partial charge is 0.273 e. The lowest BCUT2D eigenvalue weighted by molar-refractivity contribution is -0.0409. The van der Waals surface area contributed by atoms with Gasteiger partial charge in [0.1, 0.15) is 28.7 Å². The maximum absolute atomic E-state index is 14.8. The van der Waals surface area contributed by atoms with Crippen molar-refractivity contribution in [2.45, 2.75) is 55.7 Å². The molecule has 2 aliphatic rings. The van der Waals surface area contributed by atoms with Crippen LogP contribution in [0.4, 0.5) is 17.3 Å². The fourth-order valence-corrected chi connectivity index (χ4v) is 8.04. The van der Waals surface area contributed by atoms with E-state index < -0.39 is 10.0 Å². The van der Waals surface area contributed by atoms with Crippen molar-refractivity contribution in [1.82, 2.24) is 14.9 Å². The van der Waals surface area contributed by atoms with E-state index in [4.69, 9.17) is 38.0 Å². The Kier molecular flexibility index (Phi) is 9.57. The van der Waals surface area contributed by atoms with E-state index in [9.17, 15) is 8.42 Å². The van der Waals surface area contributed by atoms with E-state index in [1.165, 1.54) is 33.5 Å². The van der Waals surface area contributed by atoms with Crippen molar-refractivity contribution in [3.8, 4) is 28.7 Å². The fourth-order valence-electron chi connectivity index (χ4n) is 6.35. The third-order valence-corrected chi connectivity index (χ3v) is 11.0. The first-order valence-corrected chi connectivity index (χ1v) is 18.1. The van der Waals surface area contributed by atoms with Crippen LogP contribution >= 0.6 is 0 Å². The molecule has 1 saturated carbocycles. The van der Waals surface area contributed by atoms with E-state index in [-0.39, 0.29) is 35.0 Å². The first-order chi connectivity index (χ1) is 24.8. The Morgan fingerprint density at radius 1 is 0.843 bits per heavy atom. The summed E-state index contributed by atoms with van der Waals surface area (Å²) in [6.45, 7) is 0.609. The van der Waals surface area contributed by atoms with Gasteiger partial charge >= 0.3 is 0 Å². The van der Waals surface area contributed by atoms with Crippen molar-refractivity contribution in [2.24, 2.45) is 0 Å². The molecule has 0 bridgehead atoms. The van der Waals surface area contributed by atoms with Gasteiger partial charge < -0.3 is 38.3 Å². The SMILES string of the molecule is COc1ccc(CN(c2noc3cc(Nc4cc(C5CC5)n(C5CCCCO5)n4)c(OC)cc23)S(=O)(=O)c2c(OC)cc(OC)cc2OC)cc1.